The summed E-state index contributed by atoms with van der Waals surface area (Å²) < 4.78 is 64.6. The molecule has 2 aromatic carbocycles. The maximum atomic E-state index is 15.8. The number of hydrogen-bond acceptors (Lipinski definition) is 8. The quantitative estimate of drug-likeness (QED) is 0.278. The number of hydrogen-bond donors (Lipinski definition) is 0. The Bertz CT molecular complexity index is 1990. The van der Waals surface area contributed by atoms with Crippen molar-refractivity contribution in [2.45, 2.75) is 31.5 Å². The summed E-state index contributed by atoms with van der Waals surface area (Å²) in [6.07, 6.45) is -1.16. The third kappa shape index (κ3) is 3.93. The van der Waals surface area contributed by atoms with Crippen LogP contribution in [0.15, 0.2) is 58.8 Å². The Morgan fingerprint density at radius 3 is 2.76 bits per heavy atom. The first-order valence-electron chi connectivity index (χ1n) is 14.4. The minimum Gasteiger partial charge on any atom is -0.434 e. The molecule has 1 fully saturated rings. The number of ether oxygens (including phenoxy) is 3. The molecule has 4 aromatic rings. The van der Waals surface area contributed by atoms with E-state index in [1.165, 1.54) is 33.2 Å². The average molecular weight is 636 g/mol. The molecule has 2 aliphatic heterocycles. The van der Waals surface area contributed by atoms with Crippen LogP contribution in [0.2, 0.25) is 0 Å². The van der Waals surface area contributed by atoms with Crippen molar-refractivity contribution >= 4 is 23.4 Å². The van der Waals surface area contributed by atoms with Crippen molar-refractivity contribution in [3.8, 4) is 27.3 Å². The molecule has 1 saturated heterocycles. The van der Waals surface area contributed by atoms with E-state index in [0.717, 1.165) is 22.6 Å². The molecule has 0 bridgehead atoms. The zero-order valence-corrected chi connectivity index (χ0v) is 24.5. The van der Waals surface area contributed by atoms with E-state index in [1.54, 1.807) is 17.3 Å². The van der Waals surface area contributed by atoms with Crippen LogP contribution in [-0.2, 0) is 21.8 Å². The van der Waals surface area contributed by atoms with Gasteiger partial charge < -0.3 is 19.1 Å². The smallest absolute Gasteiger partial charge is 0.434 e. The molecule has 230 valence electrons. The van der Waals surface area contributed by atoms with Gasteiger partial charge >= 0.3 is 6.16 Å². The van der Waals surface area contributed by atoms with Crippen LogP contribution in [0, 0.1) is 5.82 Å². The molecule has 0 unspecified atom stereocenters. The summed E-state index contributed by atoms with van der Waals surface area (Å²) in [5, 5.41) is 3.48. The molecule has 9 nitrogen and oxygen atoms in total. The van der Waals surface area contributed by atoms with Crippen molar-refractivity contribution in [3.63, 3.8) is 0 Å². The van der Waals surface area contributed by atoms with Crippen LogP contribution in [-0.4, -0.2) is 54.2 Å². The summed E-state index contributed by atoms with van der Waals surface area (Å²) in [6.45, 7) is 1.96. The van der Waals surface area contributed by atoms with E-state index in [2.05, 4.69) is 0 Å². The van der Waals surface area contributed by atoms with Crippen LogP contribution in [0.5, 0.6) is 5.75 Å². The normalized spacial score (nSPS) is 20.4. The third-order valence-corrected chi connectivity index (χ3v) is 9.81. The number of rotatable bonds is 3. The first kappa shape index (κ1) is 27.9. The van der Waals surface area contributed by atoms with E-state index in [4.69, 9.17) is 14.2 Å². The standard InChI is InChI=1S/C32H24F3N3O6S/c1-2-43-31(41)44-28-21(39)9-10-37-27(28)30(40)36-11-12-42-14-22(36)38(37)26-17-5-3-4-6-18(17)29-23-16(15-45-29)13-32(34,35)25-20(33)8-7-19(26)24(23)25/h3-10,15,22,26H,2,11-14H2,1H3/t22-,26-/m1/s1. The molecule has 4 heterocycles. The highest BCUT2D eigenvalue weighted by Crippen LogP contribution is 2.58. The highest BCUT2D eigenvalue weighted by Gasteiger charge is 2.50. The van der Waals surface area contributed by atoms with Gasteiger partial charge in [-0.1, -0.05) is 30.3 Å². The molecular formula is C32H24F3N3O6S. The van der Waals surface area contributed by atoms with Crippen molar-refractivity contribution in [2.75, 3.05) is 31.4 Å². The highest BCUT2D eigenvalue weighted by atomic mass is 32.1. The Morgan fingerprint density at radius 1 is 1.11 bits per heavy atom. The van der Waals surface area contributed by atoms with Gasteiger partial charge in [0.05, 0.1) is 31.4 Å². The molecule has 2 atom stereocenters. The fourth-order valence-corrected chi connectivity index (χ4v) is 8.14. The first-order chi connectivity index (χ1) is 21.7. The van der Waals surface area contributed by atoms with E-state index in [-0.39, 0.29) is 37.6 Å². The molecule has 45 heavy (non-hydrogen) atoms. The summed E-state index contributed by atoms with van der Waals surface area (Å²) in [6, 6.07) is 10.3. The number of thiophene rings is 1. The number of aromatic nitrogens is 1. The molecule has 13 heteroatoms. The van der Waals surface area contributed by atoms with Crippen molar-refractivity contribution in [1.82, 2.24) is 9.58 Å². The van der Waals surface area contributed by atoms with Gasteiger partial charge in [0.1, 0.15) is 12.0 Å². The van der Waals surface area contributed by atoms with Gasteiger partial charge in [-0.05, 0) is 40.6 Å². The van der Waals surface area contributed by atoms with Gasteiger partial charge in [0.15, 0.2) is 5.69 Å². The summed E-state index contributed by atoms with van der Waals surface area (Å²) in [5.74, 6) is -5.57. The number of fused-ring (bicyclic) bond motifs is 4. The molecule has 2 aliphatic carbocycles. The molecule has 2 aromatic heterocycles. The number of carbonyl (C=O) groups excluding carboxylic acids is 2. The second kappa shape index (κ2) is 9.94. The topological polar surface area (TPSA) is 90.3 Å². The van der Waals surface area contributed by atoms with Gasteiger partial charge in [0.2, 0.25) is 11.2 Å². The van der Waals surface area contributed by atoms with Crippen molar-refractivity contribution in [2.24, 2.45) is 0 Å². The number of amides is 1. The second-order valence-corrected chi connectivity index (χ2v) is 12.0. The van der Waals surface area contributed by atoms with Gasteiger partial charge in [0.25, 0.3) is 11.8 Å². The van der Waals surface area contributed by atoms with Crippen LogP contribution in [0.3, 0.4) is 0 Å². The average Bonchev–Trinajstić information content (AvgIpc) is 3.38. The van der Waals surface area contributed by atoms with E-state index in [0.29, 0.717) is 22.3 Å². The fourth-order valence-electron chi connectivity index (χ4n) is 7.02. The summed E-state index contributed by atoms with van der Waals surface area (Å²) in [7, 11) is 0. The lowest BCUT2D eigenvalue weighted by Gasteiger charge is -2.51. The lowest BCUT2D eigenvalue weighted by atomic mass is 9.80. The molecule has 0 N–H and O–H groups in total. The molecule has 0 spiro atoms. The number of nitrogens with zero attached hydrogens (tertiary/aromatic N) is 3. The predicted octanol–water partition coefficient (Wildman–Crippen LogP) is 5.42. The number of morpholine rings is 1. The van der Waals surface area contributed by atoms with Crippen molar-refractivity contribution < 1.29 is 37.0 Å². The summed E-state index contributed by atoms with van der Waals surface area (Å²) in [5.41, 5.74) is 1.38. The van der Waals surface area contributed by atoms with Crippen LogP contribution in [0.4, 0.5) is 18.0 Å². The van der Waals surface area contributed by atoms with Crippen LogP contribution in [0.1, 0.15) is 45.7 Å². The monoisotopic (exact) mass is 635 g/mol. The fraction of sp³-hybridized carbons (Fsp3) is 0.281. The second-order valence-electron chi connectivity index (χ2n) is 11.1. The number of halogens is 3. The molecule has 4 aliphatic rings. The zero-order chi connectivity index (χ0) is 31.2. The minimum absolute atomic E-state index is 0.0217. The zero-order valence-electron chi connectivity index (χ0n) is 23.7. The van der Waals surface area contributed by atoms with Crippen LogP contribution in [0.25, 0.3) is 21.6 Å². The summed E-state index contributed by atoms with van der Waals surface area (Å²) in [4.78, 5) is 41.8. The molecule has 0 saturated carbocycles. The van der Waals surface area contributed by atoms with E-state index >= 15 is 13.2 Å². The Kier molecular flexibility index (Phi) is 6.16. The van der Waals surface area contributed by atoms with E-state index in [9.17, 15) is 14.4 Å². The van der Waals surface area contributed by atoms with Crippen molar-refractivity contribution in [1.29, 1.82) is 0 Å². The predicted molar refractivity (Wildman–Crippen MR) is 157 cm³/mol. The first-order valence-corrected chi connectivity index (χ1v) is 15.3. The number of pyridine rings is 1. The maximum absolute atomic E-state index is 15.8. The van der Waals surface area contributed by atoms with Gasteiger partial charge in [-0.2, -0.15) is 0 Å². The largest absolute Gasteiger partial charge is 0.514 e. The van der Waals surface area contributed by atoms with E-state index in [1.807, 2.05) is 24.3 Å². The Hall–Kier alpha value is -4.62. The van der Waals surface area contributed by atoms with Crippen LogP contribution >= 0.6 is 11.3 Å². The molecule has 0 radical (unpaired) electrons. The van der Waals surface area contributed by atoms with Crippen LogP contribution < -0.4 is 15.2 Å². The maximum Gasteiger partial charge on any atom is 0.514 e. The lowest BCUT2D eigenvalue weighted by Crippen LogP contribution is -2.66. The molecular weight excluding hydrogens is 611 g/mol. The highest BCUT2D eigenvalue weighted by molar-refractivity contribution is 7.14. The molecule has 8 rings (SSSR count). The van der Waals surface area contributed by atoms with Gasteiger partial charge in [-0.3, -0.25) is 19.3 Å². The third-order valence-electron chi connectivity index (χ3n) is 8.74. The number of carbonyl (C=O) groups is 2. The van der Waals surface area contributed by atoms with E-state index < -0.39 is 59.2 Å². The SMILES string of the molecule is CCOC(=O)Oc1c2n(ccc1=O)N([C@@H]1c3ccccc3-c3scc4c3-c3c1ccc(F)c3C(F)(F)C4)[C@@H]1COCCN1C2=O. The van der Waals surface area contributed by atoms with Gasteiger partial charge in [-0.25, -0.2) is 18.0 Å². The van der Waals surface area contributed by atoms with Crippen molar-refractivity contribution in [3.05, 3.63) is 98.0 Å². The lowest BCUT2D eigenvalue weighted by molar-refractivity contribution is -0.0198. The number of alkyl halides is 2. The minimum atomic E-state index is -3.47. The summed E-state index contributed by atoms with van der Waals surface area (Å²) >= 11 is 1.33. The van der Waals surface area contributed by atoms with Gasteiger partial charge in [-0.15, -0.1) is 11.3 Å². The molecule has 1 amide bonds. The van der Waals surface area contributed by atoms with Gasteiger partial charge in [0, 0.05) is 41.2 Å². The Labute approximate surface area is 257 Å². The number of benzene rings is 2. The Morgan fingerprint density at radius 2 is 1.93 bits per heavy atom. The Balaban J connectivity index is 1.45.